The Balaban J connectivity index is 2.40. The van der Waals surface area contributed by atoms with Crippen molar-refractivity contribution in [2.24, 2.45) is 10.8 Å². The monoisotopic (exact) mass is 249 g/mol. The van der Waals surface area contributed by atoms with Gasteiger partial charge in [-0.05, 0) is 25.2 Å². The van der Waals surface area contributed by atoms with E-state index in [-0.39, 0.29) is 5.11 Å². The number of nitrogens with zero attached hydrogens (tertiary/aromatic N) is 1. The Morgan fingerprint density at radius 1 is 1.44 bits per heavy atom. The molecule has 3 N–H and O–H groups in total. The van der Waals surface area contributed by atoms with E-state index in [1.807, 2.05) is 19.1 Å². The summed E-state index contributed by atoms with van der Waals surface area (Å²) in [5.74, 6) is 0. The topological polar surface area (TPSA) is 50.4 Å². The Morgan fingerprint density at radius 2 is 2.19 bits per heavy atom. The van der Waals surface area contributed by atoms with Gasteiger partial charge in [0.25, 0.3) is 0 Å². The maximum absolute atomic E-state index is 5.32. The lowest BCUT2D eigenvalue weighted by molar-refractivity contribution is 1.03. The summed E-state index contributed by atoms with van der Waals surface area (Å²) in [5.41, 5.74) is 9.92. The van der Waals surface area contributed by atoms with Gasteiger partial charge in [-0.3, -0.25) is 5.43 Å². The molecule has 0 aliphatic heterocycles. The second kappa shape index (κ2) is 4.59. The highest BCUT2D eigenvalue weighted by Gasteiger charge is 2.05. The molecule has 0 aliphatic carbocycles. The lowest BCUT2D eigenvalue weighted by Gasteiger charge is -2.00. The van der Waals surface area contributed by atoms with Crippen LogP contribution in [0.5, 0.6) is 0 Å². The predicted molar refractivity (Wildman–Crippen MR) is 74.0 cm³/mol. The number of thiocarbonyl (C=S) groups is 1. The van der Waals surface area contributed by atoms with Crippen LogP contribution < -0.4 is 11.2 Å². The molecule has 82 valence electrons. The van der Waals surface area contributed by atoms with Crippen LogP contribution in [0.3, 0.4) is 0 Å². The molecule has 0 saturated carbocycles. The van der Waals surface area contributed by atoms with Gasteiger partial charge in [0.2, 0.25) is 0 Å². The number of fused-ring (bicyclic) bond motifs is 1. The molecule has 16 heavy (non-hydrogen) atoms. The van der Waals surface area contributed by atoms with Gasteiger partial charge in [0, 0.05) is 21.0 Å². The molecule has 2 aromatic rings. The third-order valence-corrected chi connectivity index (χ3v) is 3.26. The Bertz CT molecular complexity index is 557. The third kappa shape index (κ3) is 2.20. The Hall–Kier alpha value is -1.46. The van der Waals surface area contributed by atoms with Gasteiger partial charge < -0.3 is 5.73 Å². The van der Waals surface area contributed by atoms with Crippen molar-refractivity contribution < 1.29 is 0 Å². The molecule has 0 unspecified atom stereocenters. The van der Waals surface area contributed by atoms with Gasteiger partial charge in [-0.2, -0.15) is 5.10 Å². The number of hydrogen-bond acceptors (Lipinski definition) is 3. The van der Waals surface area contributed by atoms with Crippen molar-refractivity contribution in [3.8, 4) is 0 Å². The summed E-state index contributed by atoms with van der Waals surface area (Å²) in [6.07, 6.45) is 0. The van der Waals surface area contributed by atoms with Crippen molar-refractivity contribution in [3.05, 3.63) is 35.2 Å². The fraction of sp³-hybridized carbons (Fsp3) is 0.0909. The normalized spacial score (nSPS) is 11.7. The molecule has 5 heteroatoms. The minimum atomic E-state index is 0.180. The van der Waals surface area contributed by atoms with Gasteiger partial charge in [0.05, 0.1) is 5.71 Å². The molecule has 0 atom stereocenters. The van der Waals surface area contributed by atoms with E-state index in [9.17, 15) is 0 Å². The first-order valence-corrected chi connectivity index (χ1v) is 6.03. The van der Waals surface area contributed by atoms with Gasteiger partial charge in [-0.25, -0.2) is 0 Å². The van der Waals surface area contributed by atoms with Crippen molar-refractivity contribution in [2.45, 2.75) is 6.92 Å². The number of nitrogens with one attached hydrogen (secondary N) is 1. The number of rotatable bonds is 2. The van der Waals surface area contributed by atoms with Gasteiger partial charge in [-0.1, -0.05) is 18.2 Å². The average Bonchev–Trinajstić information content (AvgIpc) is 2.69. The second-order valence-corrected chi connectivity index (χ2v) is 4.67. The van der Waals surface area contributed by atoms with E-state index >= 15 is 0 Å². The summed E-state index contributed by atoms with van der Waals surface area (Å²) in [7, 11) is 0. The van der Waals surface area contributed by atoms with Crippen LogP contribution in [0, 0.1) is 0 Å². The van der Waals surface area contributed by atoms with Crippen LogP contribution in [0.1, 0.15) is 12.5 Å². The van der Waals surface area contributed by atoms with E-state index in [0.29, 0.717) is 0 Å². The highest BCUT2D eigenvalue weighted by molar-refractivity contribution is 7.80. The van der Waals surface area contributed by atoms with Crippen LogP contribution in [0.2, 0.25) is 0 Å². The van der Waals surface area contributed by atoms with Gasteiger partial charge in [-0.15, -0.1) is 11.3 Å². The Morgan fingerprint density at radius 3 is 2.94 bits per heavy atom. The summed E-state index contributed by atoms with van der Waals surface area (Å²) >= 11 is 6.41. The van der Waals surface area contributed by atoms with Crippen LogP contribution in [-0.2, 0) is 0 Å². The van der Waals surface area contributed by atoms with Crippen LogP contribution in [-0.4, -0.2) is 10.8 Å². The van der Waals surface area contributed by atoms with E-state index in [1.165, 1.54) is 10.1 Å². The van der Waals surface area contributed by atoms with E-state index < -0.39 is 0 Å². The van der Waals surface area contributed by atoms with Crippen LogP contribution in [0.25, 0.3) is 10.1 Å². The van der Waals surface area contributed by atoms with Gasteiger partial charge >= 0.3 is 0 Å². The first-order chi connectivity index (χ1) is 7.68. The first-order valence-electron chi connectivity index (χ1n) is 4.75. The van der Waals surface area contributed by atoms with Crippen molar-refractivity contribution >= 4 is 44.5 Å². The van der Waals surface area contributed by atoms with E-state index in [0.717, 1.165) is 11.3 Å². The third-order valence-electron chi connectivity index (χ3n) is 2.20. The summed E-state index contributed by atoms with van der Waals surface area (Å²) in [6.45, 7) is 1.93. The SMILES string of the molecule is C/C(=N/NC(N)=S)c1csc2ccccc12. The highest BCUT2D eigenvalue weighted by atomic mass is 32.1. The molecule has 0 spiro atoms. The minimum absolute atomic E-state index is 0.180. The minimum Gasteiger partial charge on any atom is -0.375 e. The smallest absolute Gasteiger partial charge is 0.184 e. The van der Waals surface area contributed by atoms with Crippen molar-refractivity contribution in [3.63, 3.8) is 0 Å². The lowest BCUT2D eigenvalue weighted by Crippen LogP contribution is -2.25. The van der Waals surface area contributed by atoms with E-state index in [4.69, 9.17) is 18.0 Å². The quantitative estimate of drug-likeness (QED) is 0.488. The second-order valence-electron chi connectivity index (χ2n) is 3.32. The zero-order valence-electron chi connectivity index (χ0n) is 8.73. The molecular formula is C11H11N3S2. The fourth-order valence-corrected chi connectivity index (χ4v) is 2.51. The Labute approximate surface area is 103 Å². The Kier molecular flexibility index (Phi) is 3.17. The van der Waals surface area contributed by atoms with Gasteiger partial charge in [0.1, 0.15) is 0 Å². The molecule has 1 aromatic carbocycles. The highest BCUT2D eigenvalue weighted by Crippen LogP contribution is 2.25. The first kappa shape index (κ1) is 11.0. The maximum Gasteiger partial charge on any atom is 0.184 e. The zero-order valence-corrected chi connectivity index (χ0v) is 10.4. The fourth-order valence-electron chi connectivity index (χ4n) is 1.46. The zero-order chi connectivity index (χ0) is 11.5. The number of benzene rings is 1. The largest absolute Gasteiger partial charge is 0.375 e. The molecule has 0 aliphatic rings. The van der Waals surface area contributed by atoms with E-state index in [2.05, 4.69) is 28.0 Å². The molecule has 1 heterocycles. The van der Waals surface area contributed by atoms with Crippen molar-refractivity contribution in [2.75, 3.05) is 0 Å². The number of hydrazone groups is 1. The summed E-state index contributed by atoms with van der Waals surface area (Å²) in [4.78, 5) is 0. The molecule has 0 radical (unpaired) electrons. The van der Waals surface area contributed by atoms with E-state index in [1.54, 1.807) is 11.3 Å². The van der Waals surface area contributed by atoms with Crippen LogP contribution >= 0.6 is 23.6 Å². The molecule has 3 nitrogen and oxygen atoms in total. The lowest BCUT2D eigenvalue weighted by atomic mass is 10.1. The standard InChI is InChI=1S/C11H11N3S2/c1-7(13-14-11(12)15)9-6-16-10-5-3-2-4-8(9)10/h2-6H,1H3,(H3,12,14,15)/b13-7-. The van der Waals surface area contributed by atoms with Crippen LogP contribution in [0.4, 0.5) is 0 Å². The molecule has 0 amide bonds. The molecule has 0 fully saturated rings. The molecule has 0 saturated heterocycles. The van der Waals surface area contributed by atoms with Crippen molar-refractivity contribution in [1.29, 1.82) is 0 Å². The number of nitrogens with two attached hydrogens (primary N) is 1. The summed E-state index contributed by atoms with van der Waals surface area (Å²) in [5, 5.41) is 7.60. The maximum atomic E-state index is 5.32. The molecular weight excluding hydrogens is 238 g/mol. The van der Waals surface area contributed by atoms with Crippen molar-refractivity contribution in [1.82, 2.24) is 5.43 Å². The molecule has 1 aromatic heterocycles. The van der Waals surface area contributed by atoms with Crippen LogP contribution in [0.15, 0.2) is 34.7 Å². The summed E-state index contributed by atoms with van der Waals surface area (Å²) < 4.78 is 1.25. The predicted octanol–water partition coefficient (Wildman–Crippen LogP) is 2.46. The number of thiophene rings is 1. The average molecular weight is 249 g/mol. The molecule has 0 bridgehead atoms. The molecule has 2 rings (SSSR count). The number of hydrogen-bond donors (Lipinski definition) is 2. The summed E-state index contributed by atoms with van der Waals surface area (Å²) in [6, 6.07) is 8.23. The van der Waals surface area contributed by atoms with Gasteiger partial charge in [0.15, 0.2) is 5.11 Å².